The quantitative estimate of drug-likeness (QED) is 0.294. The number of nitrogens with one attached hydrogen (secondary N) is 1. The Bertz CT molecular complexity index is 1290. The molecule has 0 fully saturated rings. The van der Waals surface area contributed by atoms with Crippen LogP contribution in [0.2, 0.25) is 0 Å². The number of carbonyl (C=O) groups excluding carboxylic acids is 1. The molecule has 0 unspecified atom stereocenters. The number of halogens is 1. The van der Waals surface area contributed by atoms with Gasteiger partial charge in [-0.1, -0.05) is 69.7 Å². The molecule has 5 nitrogen and oxygen atoms in total. The number of amides is 1. The topological polar surface area (TPSA) is 64.0 Å². The average Bonchev–Trinajstić information content (AvgIpc) is 2.77. The van der Waals surface area contributed by atoms with Gasteiger partial charge in [0.1, 0.15) is 0 Å². The Kier molecular flexibility index (Phi) is 6.53. The Hall–Kier alpha value is -2.90. The van der Waals surface area contributed by atoms with E-state index in [0.717, 1.165) is 21.3 Å². The Morgan fingerprint density at radius 3 is 2.48 bits per heavy atom. The minimum atomic E-state index is -0.156. The van der Waals surface area contributed by atoms with Crippen molar-refractivity contribution in [1.82, 2.24) is 9.55 Å². The van der Waals surface area contributed by atoms with E-state index in [0.29, 0.717) is 22.6 Å². The highest BCUT2D eigenvalue weighted by atomic mass is 79.9. The number of fused-ring (bicyclic) bond motifs is 1. The second kappa shape index (κ2) is 9.49. The zero-order valence-electron chi connectivity index (χ0n) is 16.8. The van der Waals surface area contributed by atoms with Crippen LogP contribution in [0.25, 0.3) is 10.9 Å². The third-order valence-electron chi connectivity index (χ3n) is 4.75. The molecule has 4 aromatic rings. The van der Waals surface area contributed by atoms with Crippen molar-refractivity contribution in [2.45, 2.75) is 18.6 Å². The molecule has 1 heterocycles. The van der Waals surface area contributed by atoms with E-state index in [1.54, 1.807) is 10.6 Å². The van der Waals surface area contributed by atoms with Gasteiger partial charge in [-0.15, -0.1) is 0 Å². The SMILES string of the molecule is Cc1ccc(Cn2c(SCC(=O)Nc3ccc(Br)cc3)nc3ccccc3c2=O)cc1. The van der Waals surface area contributed by atoms with Gasteiger partial charge < -0.3 is 5.32 Å². The molecule has 0 saturated heterocycles. The fourth-order valence-corrected chi connectivity index (χ4v) is 4.20. The van der Waals surface area contributed by atoms with Gasteiger partial charge in [0.25, 0.3) is 5.56 Å². The predicted molar refractivity (Wildman–Crippen MR) is 130 cm³/mol. The van der Waals surface area contributed by atoms with Crippen LogP contribution in [0.3, 0.4) is 0 Å². The van der Waals surface area contributed by atoms with Gasteiger partial charge in [-0.2, -0.15) is 0 Å². The Morgan fingerprint density at radius 2 is 1.74 bits per heavy atom. The van der Waals surface area contributed by atoms with Crippen LogP contribution in [-0.2, 0) is 11.3 Å². The largest absolute Gasteiger partial charge is 0.325 e. The molecule has 0 aliphatic heterocycles. The van der Waals surface area contributed by atoms with Crippen LogP contribution in [0.15, 0.2) is 87.2 Å². The fraction of sp³-hybridized carbons (Fsp3) is 0.125. The molecule has 0 bridgehead atoms. The van der Waals surface area contributed by atoms with Gasteiger partial charge >= 0.3 is 0 Å². The van der Waals surface area contributed by atoms with E-state index < -0.39 is 0 Å². The lowest BCUT2D eigenvalue weighted by Gasteiger charge is -2.13. The number of hydrogen-bond acceptors (Lipinski definition) is 4. The maximum atomic E-state index is 13.2. The van der Waals surface area contributed by atoms with Crippen LogP contribution < -0.4 is 10.9 Å². The summed E-state index contributed by atoms with van der Waals surface area (Å²) in [5.74, 6) is -0.00835. The first kappa shape index (κ1) is 21.3. The monoisotopic (exact) mass is 493 g/mol. The van der Waals surface area contributed by atoms with E-state index in [1.807, 2.05) is 73.7 Å². The second-order valence-electron chi connectivity index (χ2n) is 7.13. The van der Waals surface area contributed by atoms with E-state index in [1.165, 1.54) is 11.8 Å². The molecule has 156 valence electrons. The summed E-state index contributed by atoms with van der Waals surface area (Å²) in [7, 11) is 0. The first-order valence-electron chi connectivity index (χ1n) is 9.73. The molecule has 0 saturated carbocycles. The fourth-order valence-electron chi connectivity index (χ4n) is 3.13. The first-order valence-corrected chi connectivity index (χ1v) is 11.5. The number of para-hydroxylation sites is 1. The number of carbonyl (C=O) groups is 1. The normalized spacial score (nSPS) is 10.9. The number of rotatable bonds is 6. The third-order valence-corrected chi connectivity index (χ3v) is 6.25. The molecule has 0 spiro atoms. The maximum Gasteiger partial charge on any atom is 0.262 e. The summed E-state index contributed by atoms with van der Waals surface area (Å²) in [5.41, 5.74) is 3.40. The van der Waals surface area contributed by atoms with E-state index >= 15 is 0 Å². The molecule has 1 aromatic heterocycles. The standard InChI is InChI=1S/C24H20BrN3O2S/c1-16-6-8-17(9-7-16)14-28-23(30)20-4-2-3-5-21(20)27-24(28)31-15-22(29)26-19-12-10-18(25)11-13-19/h2-13H,14-15H2,1H3,(H,26,29). The Balaban J connectivity index is 1.60. The number of aromatic nitrogens is 2. The summed E-state index contributed by atoms with van der Waals surface area (Å²) in [5, 5.41) is 3.96. The number of hydrogen-bond donors (Lipinski definition) is 1. The van der Waals surface area contributed by atoms with Crippen molar-refractivity contribution in [3.05, 3.63) is 98.7 Å². The molecular weight excluding hydrogens is 474 g/mol. The van der Waals surface area contributed by atoms with Gasteiger partial charge in [-0.05, 0) is 48.9 Å². The van der Waals surface area contributed by atoms with Gasteiger partial charge in [0, 0.05) is 10.2 Å². The molecule has 0 aliphatic carbocycles. The molecule has 1 N–H and O–H groups in total. The number of anilines is 1. The lowest BCUT2D eigenvalue weighted by Crippen LogP contribution is -2.24. The number of aryl methyl sites for hydroxylation is 1. The minimum Gasteiger partial charge on any atom is -0.325 e. The average molecular weight is 494 g/mol. The van der Waals surface area contributed by atoms with Crippen molar-refractivity contribution in [1.29, 1.82) is 0 Å². The van der Waals surface area contributed by atoms with E-state index in [2.05, 4.69) is 26.2 Å². The Morgan fingerprint density at radius 1 is 1.03 bits per heavy atom. The smallest absolute Gasteiger partial charge is 0.262 e. The van der Waals surface area contributed by atoms with Gasteiger partial charge in [0.15, 0.2) is 5.16 Å². The van der Waals surface area contributed by atoms with Crippen molar-refractivity contribution in [3.63, 3.8) is 0 Å². The molecule has 4 rings (SSSR count). The maximum absolute atomic E-state index is 13.2. The molecule has 3 aromatic carbocycles. The zero-order chi connectivity index (χ0) is 21.8. The van der Waals surface area contributed by atoms with Crippen LogP contribution in [0.4, 0.5) is 5.69 Å². The van der Waals surface area contributed by atoms with Crippen molar-refractivity contribution in [3.8, 4) is 0 Å². The van der Waals surface area contributed by atoms with Gasteiger partial charge in [-0.3, -0.25) is 14.2 Å². The first-order chi connectivity index (χ1) is 15.0. The summed E-state index contributed by atoms with van der Waals surface area (Å²) < 4.78 is 2.59. The number of thioether (sulfide) groups is 1. The van der Waals surface area contributed by atoms with Crippen LogP contribution in [-0.4, -0.2) is 21.2 Å². The molecule has 0 aliphatic rings. The highest BCUT2D eigenvalue weighted by Gasteiger charge is 2.14. The minimum absolute atomic E-state index is 0.109. The lowest BCUT2D eigenvalue weighted by atomic mass is 10.1. The summed E-state index contributed by atoms with van der Waals surface area (Å²) in [6.07, 6.45) is 0. The van der Waals surface area contributed by atoms with Gasteiger partial charge in [0.2, 0.25) is 5.91 Å². The van der Waals surface area contributed by atoms with Crippen molar-refractivity contribution >= 4 is 50.2 Å². The molecule has 1 amide bonds. The third kappa shape index (κ3) is 5.24. The highest BCUT2D eigenvalue weighted by Crippen LogP contribution is 2.20. The summed E-state index contributed by atoms with van der Waals surface area (Å²) >= 11 is 4.64. The van der Waals surface area contributed by atoms with E-state index in [9.17, 15) is 9.59 Å². The van der Waals surface area contributed by atoms with Gasteiger partial charge in [-0.25, -0.2) is 4.98 Å². The number of nitrogens with zero attached hydrogens (tertiary/aromatic N) is 2. The van der Waals surface area contributed by atoms with Crippen molar-refractivity contribution < 1.29 is 4.79 Å². The summed E-state index contributed by atoms with van der Waals surface area (Å²) in [6, 6.07) is 22.7. The predicted octanol–water partition coefficient (Wildman–Crippen LogP) is 5.25. The van der Waals surface area contributed by atoms with Crippen LogP contribution in [0, 0.1) is 6.92 Å². The molecule has 0 atom stereocenters. The Labute approximate surface area is 192 Å². The molecule has 7 heteroatoms. The van der Waals surface area contributed by atoms with Gasteiger partial charge in [0.05, 0.1) is 23.2 Å². The molecule has 31 heavy (non-hydrogen) atoms. The molecular formula is C24H20BrN3O2S. The van der Waals surface area contributed by atoms with Crippen molar-refractivity contribution in [2.24, 2.45) is 0 Å². The van der Waals surface area contributed by atoms with Crippen LogP contribution >= 0.6 is 27.7 Å². The second-order valence-corrected chi connectivity index (χ2v) is 8.99. The lowest BCUT2D eigenvalue weighted by molar-refractivity contribution is -0.113. The number of benzene rings is 3. The van der Waals surface area contributed by atoms with Crippen molar-refractivity contribution in [2.75, 3.05) is 11.1 Å². The molecule has 0 radical (unpaired) electrons. The van der Waals surface area contributed by atoms with Crippen LogP contribution in [0.5, 0.6) is 0 Å². The van der Waals surface area contributed by atoms with Crippen LogP contribution in [0.1, 0.15) is 11.1 Å². The van der Waals surface area contributed by atoms with E-state index in [-0.39, 0.29) is 17.2 Å². The summed E-state index contributed by atoms with van der Waals surface area (Å²) in [6.45, 7) is 2.42. The van der Waals surface area contributed by atoms with E-state index in [4.69, 9.17) is 0 Å². The highest BCUT2D eigenvalue weighted by molar-refractivity contribution is 9.10. The zero-order valence-corrected chi connectivity index (χ0v) is 19.2. The summed E-state index contributed by atoms with van der Waals surface area (Å²) in [4.78, 5) is 30.3.